The zero-order valence-electron chi connectivity index (χ0n) is 22.6. The summed E-state index contributed by atoms with van der Waals surface area (Å²) in [6, 6.07) is 6.20. The van der Waals surface area contributed by atoms with Crippen molar-refractivity contribution in [2.75, 3.05) is 17.6 Å². The number of allylic oxidation sites excluding steroid dienone is 2. The van der Waals surface area contributed by atoms with Gasteiger partial charge in [0.2, 0.25) is 27.7 Å². The predicted molar refractivity (Wildman–Crippen MR) is 151 cm³/mol. The Labute approximate surface area is 231 Å². The number of nitrogens with zero attached hydrogens (tertiary/aromatic N) is 1. The molecule has 1 saturated heterocycles. The van der Waals surface area contributed by atoms with Gasteiger partial charge in [-0.2, -0.15) is 0 Å². The number of hydrogen-bond acceptors (Lipinski definition) is 7. The zero-order chi connectivity index (χ0) is 28.2. The van der Waals surface area contributed by atoms with Crippen molar-refractivity contribution < 1.29 is 22.8 Å². The second-order valence-electron chi connectivity index (χ2n) is 11.4. The average Bonchev–Trinajstić information content (AvgIpc) is 3.78. The van der Waals surface area contributed by atoms with Gasteiger partial charge >= 0.3 is 0 Å². The normalized spacial score (nSPS) is 24.3. The molecule has 0 bridgehead atoms. The summed E-state index contributed by atoms with van der Waals surface area (Å²) in [7, 11) is -3.58. The number of hydrogen-bond donors (Lipinski definition) is 4. The minimum absolute atomic E-state index is 0.0944. The molecule has 4 rings (SSSR count). The number of rotatable bonds is 14. The van der Waals surface area contributed by atoms with E-state index in [1.807, 2.05) is 18.2 Å². The number of nitrogens with two attached hydrogens (primary N) is 2. The Kier molecular flexibility index (Phi) is 8.88. The molecule has 10 nitrogen and oxygen atoms in total. The lowest BCUT2D eigenvalue weighted by Gasteiger charge is -2.28. The number of sulfonamides is 1. The lowest BCUT2D eigenvalue weighted by molar-refractivity contribution is -0.138. The van der Waals surface area contributed by atoms with Crippen LogP contribution in [0.4, 0.5) is 11.4 Å². The number of carbonyl (C=O) groups is 3. The molecule has 1 heterocycles. The first-order chi connectivity index (χ1) is 18.5. The van der Waals surface area contributed by atoms with Gasteiger partial charge in [-0.05, 0) is 88.5 Å². The maximum atomic E-state index is 13.4. The van der Waals surface area contributed by atoms with Gasteiger partial charge in [-0.25, -0.2) is 8.42 Å². The van der Waals surface area contributed by atoms with Crippen LogP contribution in [-0.4, -0.2) is 54.4 Å². The molecule has 1 aromatic rings. The topological polar surface area (TPSA) is 165 Å². The van der Waals surface area contributed by atoms with Crippen LogP contribution in [0.15, 0.2) is 36.4 Å². The van der Waals surface area contributed by atoms with Crippen molar-refractivity contribution in [2.45, 2.75) is 88.0 Å². The van der Waals surface area contributed by atoms with Crippen LogP contribution < -0.4 is 21.5 Å². The van der Waals surface area contributed by atoms with E-state index in [0.29, 0.717) is 44.3 Å². The SMILES string of the molecule is CC1(S(=O)(=O)NC(=O)[C@H]2C[C@H]2/C=C\CCCCC[C@H](Nc2ccc(N)cc2)C(=O)N2CCC[C@H]2C(N)=O)CC1. The molecule has 2 saturated carbocycles. The van der Waals surface area contributed by atoms with E-state index in [1.54, 1.807) is 24.0 Å². The molecule has 11 heteroatoms. The van der Waals surface area contributed by atoms with E-state index in [1.165, 1.54) is 0 Å². The summed E-state index contributed by atoms with van der Waals surface area (Å²) in [5, 5.41) is 3.32. The molecule has 0 unspecified atom stereocenters. The van der Waals surface area contributed by atoms with E-state index in [-0.39, 0.29) is 17.7 Å². The number of likely N-dealkylation sites (tertiary alicyclic amines) is 1. The number of anilines is 2. The van der Waals surface area contributed by atoms with Crippen LogP contribution >= 0.6 is 0 Å². The Morgan fingerprint density at radius 2 is 1.87 bits per heavy atom. The molecular formula is C28H41N5O5S. The first kappa shape index (κ1) is 28.9. The summed E-state index contributed by atoms with van der Waals surface area (Å²) >= 11 is 0. The lowest BCUT2D eigenvalue weighted by atomic mass is 10.0. The second kappa shape index (κ2) is 12.0. The molecule has 1 aliphatic heterocycles. The number of unbranched alkanes of at least 4 members (excludes halogenated alkanes) is 3. The third-order valence-electron chi connectivity index (χ3n) is 8.18. The van der Waals surface area contributed by atoms with Crippen molar-refractivity contribution in [1.82, 2.24) is 9.62 Å². The van der Waals surface area contributed by atoms with Gasteiger partial charge in [0.25, 0.3) is 0 Å². The van der Waals surface area contributed by atoms with Crippen molar-refractivity contribution in [2.24, 2.45) is 17.6 Å². The van der Waals surface area contributed by atoms with Crippen LogP contribution in [-0.2, 0) is 24.4 Å². The molecule has 2 aliphatic carbocycles. The maximum Gasteiger partial charge on any atom is 0.245 e. The third-order valence-corrected chi connectivity index (χ3v) is 10.4. The molecule has 0 aromatic heterocycles. The predicted octanol–water partition coefficient (Wildman–Crippen LogP) is 2.67. The summed E-state index contributed by atoms with van der Waals surface area (Å²) in [5.74, 6) is -1.13. The van der Waals surface area contributed by atoms with E-state index in [4.69, 9.17) is 11.5 Å². The van der Waals surface area contributed by atoms with Gasteiger partial charge in [-0.1, -0.05) is 25.0 Å². The smallest absolute Gasteiger partial charge is 0.245 e. The monoisotopic (exact) mass is 559 g/mol. The van der Waals surface area contributed by atoms with Gasteiger partial charge in [0.1, 0.15) is 12.1 Å². The highest BCUT2D eigenvalue weighted by Gasteiger charge is 2.52. The number of carbonyl (C=O) groups excluding carboxylic acids is 3. The fraction of sp³-hybridized carbons (Fsp3) is 0.607. The van der Waals surface area contributed by atoms with Gasteiger partial charge in [0, 0.05) is 23.8 Å². The van der Waals surface area contributed by atoms with E-state index in [0.717, 1.165) is 37.8 Å². The van der Waals surface area contributed by atoms with Gasteiger partial charge in [0.05, 0.1) is 4.75 Å². The average molecular weight is 560 g/mol. The fourth-order valence-corrected chi connectivity index (χ4v) is 6.43. The van der Waals surface area contributed by atoms with Crippen LogP contribution in [0.3, 0.4) is 0 Å². The van der Waals surface area contributed by atoms with Crippen LogP contribution in [0.5, 0.6) is 0 Å². The van der Waals surface area contributed by atoms with Crippen LogP contribution in [0, 0.1) is 11.8 Å². The zero-order valence-corrected chi connectivity index (χ0v) is 23.4. The van der Waals surface area contributed by atoms with Gasteiger partial charge in [-0.3, -0.25) is 19.1 Å². The minimum Gasteiger partial charge on any atom is -0.399 e. The Balaban J connectivity index is 1.20. The molecule has 3 fully saturated rings. The molecule has 3 amide bonds. The van der Waals surface area contributed by atoms with Crippen molar-refractivity contribution in [3.05, 3.63) is 36.4 Å². The van der Waals surface area contributed by atoms with Crippen LogP contribution in [0.2, 0.25) is 0 Å². The highest BCUT2D eigenvalue weighted by molar-refractivity contribution is 7.91. The first-order valence-corrected chi connectivity index (χ1v) is 15.4. The maximum absolute atomic E-state index is 13.4. The van der Waals surface area contributed by atoms with Crippen molar-refractivity contribution in [3.8, 4) is 0 Å². The molecule has 214 valence electrons. The van der Waals surface area contributed by atoms with E-state index >= 15 is 0 Å². The lowest BCUT2D eigenvalue weighted by Crippen LogP contribution is -2.49. The summed E-state index contributed by atoms with van der Waals surface area (Å²) in [5.41, 5.74) is 12.8. The van der Waals surface area contributed by atoms with E-state index < -0.39 is 38.7 Å². The first-order valence-electron chi connectivity index (χ1n) is 14.0. The number of primary amides is 1. The Hall–Kier alpha value is -3.08. The number of nitrogen functional groups attached to an aromatic ring is 1. The van der Waals surface area contributed by atoms with Crippen molar-refractivity contribution >= 4 is 39.1 Å². The molecule has 39 heavy (non-hydrogen) atoms. The number of amides is 3. The summed E-state index contributed by atoms with van der Waals surface area (Å²) in [6.45, 7) is 2.20. The van der Waals surface area contributed by atoms with Crippen LogP contribution in [0.25, 0.3) is 0 Å². The molecule has 3 aliphatic rings. The van der Waals surface area contributed by atoms with E-state index in [9.17, 15) is 22.8 Å². The molecule has 0 radical (unpaired) electrons. The molecule has 0 spiro atoms. The van der Waals surface area contributed by atoms with E-state index in [2.05, 4.69) is 16.1 Å². The van der Waals surface area contributed by atoms with Crippen molar-refractivity contribution in [3.63, 3.8) is 0 Å². The molecular weight excluding hydrogens is 518 g/mol. The summed E-state index contributed by atoms with van der Waals surface area (Å²) in [6.07, 6.45) is 11.5. The minimum atomic E-state index is -3.58. The highest BCUT2D eigenvalue weighted by atomic mass is 32.2. The second-order valence-corrected chi connectivity index (χ2v) is 13.6. The van der Waals surface area contributed by atoms with Gasteiger partial charge < -0.3 is 21.7 Å². The Morgan fingerprint density at radius 3 is 2.54 bits per heavy atom. The molecule has 1 aromatic carbocycles. The number of benzene rings is 1. The van der Waals surface area contributed by atoms with Gasteiger partial charge in [0.15, 0.2) is 0 Å². The highest BCUT2D eigenvalue weighted by Crippen LogP contribution is 2.44. The largest absolute Gasteiger partial charge is 0.399 e. The van der Waals surface area contributed by atoms with Crippen molar-refractivity contribution in [1.29, 1.82) is 0 Å². The van der Waals surface area contributed by atoms with Crippen LogP contribution in [0.1, 0.15) is 71.1 Å². The quantitative estimate of drug-likeness (QED) is 0.155. The summed E-state index contributed by atoms with van der Waals surface area (Å²) < 4.78 is 26.0. The molecule has 4 atom stereocenters. The number of nitrogens with one attached hydrogen (secondary N) is 2. The summed E-state index contributed by atoms with van der Waals surface area (Å²) in [4.78, 5) is 39.1. The van der Waals surface area contributed by atoms with Gasteiger partial charge in [-0.15, -0.1) is 0 Å². The fourth-order valence-electron chi connectivity index (χ4n) is 5.13. The Morgan fingerprint density at radius 1 is 1.15 bits per heavy atom. The molecule has 6 N–H and O–H groups in total. The third kappa shape index (κ3) is 7.32. The Bertz CT molecular complexity index is 1200. The standard InChI is InChI=1S/C28H41N5O5S/c1-28(15-16-28)39(37,38)32-26(35)22-18-19(22)8-5-3-2-4-6-9-23(31-21-13-11-20(29)12-14-21)27(36)33-17-7-10-24(33)25(30)34/h5,8,11-14,19,22-24,31H,2-4,6-7,9-10,15-18,29H2,1H3,(H2,30,34)(H,32,35)/b8-5-/t19-,22+,23+,24+/m1/s1.